The Bertz CT molecular complexity index is 407. The molecule has 1 amide bonds. The highest BCUT2D eigenvalue weighted by Crippen LogP contribution is 2.19. The van der Waals surface area contributed by atoms with Crippen molar-refractivity contribution in [3.05, 3.63) is 29.3 Å². The van der Waals surface area contributed by atoms with Crippen molar-refractivity contribution in [3.63, 3.8) is 0 Å². The van der Waals surface area contributed by atoms with Crippen LogP contribution in [0.2, 0.25) is 0 Å². The molecule has 1 atom stereocenters. The van der Waals surface area contributed by atoms with Gasteiger partial charge in [0.05, 0.1) is 12.7 Å². The number of halogens is 1. The molecular weight excluding hydrogens is 250 g/mol. The second-order valence-electron chi connectivity index (χ2n) is 4.50. The summed E-state index contributed by atoms with van der Waals surface area (Å²) in [6.07, 6.45) is 0.896. The number of rotatable bonds is 6. The Balaban J connectivity index is 2.68. The van der Waals surface area contributed by atoms with Crippen LogP contribution in [0.4, 0.5) is 0 Å². The Kier molecular flexibility index (Phi) is 5.99. The number of aryl methyl sites for hydroxylation is 1. The van der Waals surface area contributed by atoms with E-state index in [9.17, 15) is 4.79 Å². The first-order chi connectivity index (χ1) is 8.58. The number of carbonyl (C=O) groups excluding carboxylic acids is 1. The van der Waals surface area contributed by atoms with Gasteiger partial charge in [-0.05, 0) is 31.4 Å². The minimum absolute atomic E-state index is 0.100. The average molecular weight is 270 g/mol. The molecule has 0 aliphatic rings. The molecule has 0 aliphatic carbocycles. The van der Waals surface area contributed by atoms with Gasteiger partial charge in [0.25, 0.3) is 5.91 Å². The molecule has 1 unspecified atom stereocenters. The summed E-state index contributed by atoms with van der Waals surface area (Å²) in [4.78, 5) is 12.1. The predicted molar refractivity (Wildman–Crippen MR) is 74.6 cm³/mol. The van der Waals surface area contributed by atoms with Gasteiger partial charge in [-0.2, -0.15) is 0 Å². The zero-order valence-corrected chi connectivity index (χ0v) is 11.9. The van der Waals surface area contributed by atoms with E-state index in [1.54, 1.807) is 7.11 Å². The third kappa shape index (κ3) is 4.22. The second-order valence-corrected chi connectivity index (χ2v) is 4.87. The summed E-state index contributed by atoms with van der Waals surface area (Å²) in [5.41, 5.74) is 1.62. The minimum atomic E-state index is -0.100. The monoisotopic (exact) mass is 269 g/mol. The molecule has 0 saturated heterocycles. The van der Waals surface area contributed by atoms with Crippen molar-refractivity contribution in [1.82, 2.24) is 5.32 Å². The van der Waals surface area contributed by atoms with Crippen molar-refractivity contribution >= 4 is 17.5 Å². The van der Waals surface area contributed by atoms with Gasteiger partial charge in [0.2, 0.25) is 0 Å². The molecule has 1 aromatic rings. The SMILES string of the molecule is COc1ccc(C)cc1C(=O)NCC(C)CCCl. The minimum Gasteiger partial charge on any atom is -0.496 e. The number of hydrogen-bond donors (Lipinski definition) is 1. The van der Waals surface area contributed by atoms with Crippen LogP contribution in [0.3, 0.4) is 0 Å². The first-order valence-electron chi connectivity index (χ1n) is 6.07. The molecule has 0 aliphatic heterocycles. The Morgan fingerprint density at radius 1 is 1.50 bits per heavy atom. The summed E-state index contributed by atoms with van der Waals surface area (Å²) in [5.74, 6) is 1.49. The van der Waals surface area contributed by atoms with E-state index in [4.69, 9.17) is 16.3 Å². The highest BCUT2D eigenvalue weighted by Gasteiger charge is 2.13. The molecule has 0 saturated carbocycles. The number of alkyl halides is 1. The summed E-state index contributed by atoms with van der Waals surface area (Å²) in [6, 6.07) is 5.57. The summed E-state index contributed by atoms with van der Waals surface area (Å²) in [6.45, 7) is 4.64. The lowest BCUT2D eigenvalue weighted by Crippen LogP contribution is -2.28. The van der Waals surface area contributed by atoms with Crippen LogP contribution in [-0.2, 0) is 0 Å². The third-order valence-electron chi connectivity index (χ3n) is 2.81. The standard InChI is InChI=1S/C14H20ClNO2/c1-10-4-5-13(18-3)12(8-10)14(17)16-9-11(2)6-7-15/h4-5,8,11H,6-7,9H2,1-3H3,(H,16,17). The van der Waals surface area contributed by atoms with Crippen molar-refractivity contribution in [3.8, 4) is 5.75 Å². The Labute approximate surface area is 113 Å². The molecule has 0 radical (unpaired) electrons. The van der Waals surface area contributed by atoms with Gasteiger partial charge >= 0.3 is 0 Å². The second kappa shape index (κ2) is 7.27. The van der Waals surface area contributed by atoms with Crippen molar-refractivity contribution in [2.45, 2.75) is 20.3 Å². The van der Waals surface area contributed by atoms with E-state index < -0.39 is 0 Å². The molecule has 18 heavy (non-hydrogen) atoms. The lowest BCUT2D eigenvalue weighted by Gasteiger charge is -2.13. The zero-order chi connectivity index (χ0) is 13.5. The van der Waals surface area contributed by atoms with Crippen LogP contribution in [0.5, 0.6) is 5.75 Å². The van der Waals surface area contributed by atoms with Gasteiger partial charge in [0.1, 0.15) is 5.75 Å². The van der Waals surface area contributed by atoms with Crippen molar-refractivity contribution in [2.75, 3.05) is 19.5 Å². The smallest absolute Gasteiger partial charge is 0.255 e. The van der Waals surface area contributed by atoms with Gasteiger partial charge in [-0.1, -0.05) is 18.6 Å². The zero-order valence-electron chi connectivity index (χ0n) is 11.1. The first kappa shape index (κ1) is 14.8. The Morgan fingerprint density at radius 2 is 2.22 bits per heavy atom. The highest BCUT2D eigenvalue weighted by molar-refractivity contribution is 6.17. The Morgan fingerprint density at radius 3 is 2.83 bits per heavy atom. The molecule has 0 spiro atoms. The van der Waals surface area contributed by atoms with Crippen LogP contribution in [0.25, 0.3) is 0 Å². The quantitative estimate of drug-likeness (QED) is 0.807. The van der Waals surface area contributed by atoms with Crippen LogP contribution < -0.4 is 10.1 Å². The maximum atomic E-state index is 12.1. The van der Waals surface area contributed by atoms with Gasteiger partial charge in [-0.25, -0.2) is 0 Å². The largest absolute Gasteiger partial charge is 0.496 e. The molecule has 0 aromatic heterocycles. The number of carbonyl (C=O) groups is 1. The molecule has 1 rings (SSSR count). The molecular formula is C14H20ClNO2. The van der Waals surface area contributed by atoms with E-state index in [-0.39, 0.29) is 5.91 Å². The maximum Gasteiger partial charge on any atom is 0.255 e. The summed E-state index contributed by atoms with van der Waals surface area (Å²) in [7, 11) is 1.57. The van der Waals surface area contributed by atoms with Crippen LogP contribution in [0.1, 0.15) is 29.3 Å². The lowest BCUT2D eigenvalue weighted by atomic mass is 10.1. The summed E-state index contributed by atoms with van der Waals surface area (Å²) < 4.78 is 5.19. The van der Waals surface area contributed by atoms with Crippen LogP contribution in [0, 0.1) is 12.8 Å². The fourth-order valence-electron chi connectivity index (χ4n) is 1.65. The molecule has 3 nitrogen and oxygen atoms in total. The fraction of sp³-hybridized carbons (Fsp3) is 0.500. The van der Waals surface area contributed by atoms with Crippen molar-refractivity contribution < 1.29 is 9.53 Å². The molecule has 0 bridgehead atoms. The molecule has 1 N–H and O–H groups in total. The molecule has 1 aromatic carbocycles. The number of hydrogen-bond acceptors (Lipinski definition) is 2. The topological polar surface area (TPSA) is 38.3 Å². The average Bonchev–Trinajstić information content (AvgIpc) is 2.36. The van der Waals surface area contributed by atoms with Gasteiger partial charge in [-0.15, -0.1) is 11.6 Å². The number of amides is 1. The highest BCUT2D eigenvalue weighted by atomic mass is 35.5. The number of nitrogens with one attached hydrogen (secondary N) is 1. The number of benzene rings is 1. The third-order valence-corrected chi connectivity index (χ3v) is 3.03. The number of methoxy groups -OCH3 is 1. The molecule has 100 valence electrons. The first-order valence-corrected chi connectivity index (χ1v) is 6.60. The van der Waals surface area contributed by atoms with Gasteiger partial charge in [0, 0.05) is 12.4 Å². The fourth-order valence-corrected chi connectivity index (χ4v) is 2.02. The lowest BCUT2D eigenvalue weighted by molar-refractivity contribution is 0.0944. The van der Waals surface area contributed by atoms with E-state index in [0.717, 1.165) is 12.0 Å². The van der Waals surface area contributed by atoms with Gasteiger partial charge in [-0.3, -0.25) is 4.79 Å². The van der Waals surface area contributed by atoms with Gasteiger partial charge < -0.3 is 10.1 Å². The van der Waals surface area contributed by atoms with Crippen LogP contribution >= 0.6 is 11.6 Å². The number of ether oxygens (including phenoxy) is 1. The summed E-state index contributed by atoms with van der Waals surface area (Å²) >= 11 is 5.66. The predicted octanol–water partition coefficient (Wildman–Crippen LogP) is 3.00. The van der Waals surface area contributed by atoms with Crippen LogP contribution in [-0.4, -0.2) is 25.4 Å². The van der Waals surface area contributed by atoms with E-state index in [2.05, 4.69) is 12.2 Å². The molecule has 0 fully saturated rings. The van der Waals surface area contributed by atoms with E-state index >= 15 is 0 Å². The van der Waals surface area contributed by atoms with E-state index in [1.807, 2.05) is 25.1 Å². The van der Waals surface area contributed by atoms with Gasteiger partial charge in [0.15, 0.2) is 0 Å². The van der Waals surface area contributed by atoms with Crippen molar-refractivity contribution in [1.29, 1.82) is 0 Å². The van der Waals surface area contributed by atoms with E-state index in [0.29, 0.717) is 29.7 Å². The van der Waals surface area contributed by atoms with E-state index in [1.165, 1.54) is 0 Å². The maximum absolute atomic E-state index is 12.1. The van der Waals surface area contributed by atoms with Crippen molar-refractivity contribution in [2.24, 2.45) is 5.92 Å². The normalized spacial score (nSPS) is 12.0. The van der Waals surface area contributed by atoms with Crippen LogP contribution in [0.15, 0.2) is 18.2 Å². The molecule has 0 heterocycles. The summed E-state index contributed by atoms with van der Waals surface area (Å²) in [5, 5.41) is 2.91. The Hall–Kier alpha value is -1.22. The molecule has 4 heteroatoms.